The van der Waals surface area contributed by atoms with Crippen molar-refractivity contribution >= 4 is 28.3 Å². The highest BCUT2D eigenvalue weighted by Gasteiger charge is 2.22. The molecule has 0 atom stereocenters. The molecule has 0 spiro atoms. The highest BCUT2D eigenvalue weighted by atomic mass is 16.2. The molecule has 0 radical (unpaired) electrons. The molecule has 0 aliphatic carbocycles. The van der Waals surface area contributed by atoms with Crippen molar-refractivity contribution in [3.63, 3.8) is 0 Å². The molecular formula is C22H24N4O. The Labute approximate surface area is 159 Å². The van der Waals surface area contributed by atoms with E-state index in [1.54, 1.807) is 0 Å². The number of aryl methyl sites for hydroxylation is 1. The van der Waals surface area contributed by atoms with Crippen molar-refractivity contribution in [2.75, 3.05) is 23.3 Å². The molecule has 5 nitrogen and oxygen atoms in total. The molecule has 0 unspecified atom stereocenters. The van der Waals surface area contributed by atoms with Crippen LogP contribution in [0, 0.1) is 6.92 Å². The summed E-state index contributed by atoms with van der Waals surface area (Å²) >= 11 is 0. The van der Waals surface area contributed by atoms with E-state index in [-0.39, 0.29) is 12.1 Å². The Balaban J connectivity index is 1.39. The third-order valence-electron chi connectivity index (χ3n) is 5.02. The fraction of sp³-hybridized carbons (Fsp3) is 0.273. The van der Waals surface area contributed by atoms with Gasteiger partial charge in [-0.1, -0.05) is 36.4 Å². The SMILES string of the molecule is Cc1cc(N2CCC(NC(=O)Nc3ccccc3)CC2)c2ccccc2n1. The number of nitrogens with zero attached hydrogens (tertiary/aromatic N) is 2. The van der Waals surface area contributed by atoms with Gasteiger partial charge in [0, 0.05) is 41.6 Å². The lowest BCUT2D eigenvalue weighted by Gasteiger charge is -2.34. The number of aromatic nitrogens is 1. The Morgan fingerprint density at radius 2 is 1.74 bits per heavy atom. The second-order valence-corrected chi connectivity index (χ2v) is 7.03. The molecular weight excluding hydrogens is 336 g/mol. The number of amides is 2. The van der Waals surface area contributed by atoms with Crippen LogP contribution in [0.4, 0.5) is 16.2 Å². The van der Waals surface area contributed by atoms with Gasteiger partial charge in [-0.2, -0.15) is 0 Å². The summed E-state index contributed by atoms with van der Waals surface area (Å²) < 4.78 is 0. The maximum atomic E-state index is 12.2. The summed E-state index contributed by atoms with van der Waals surface area (Å²) in [6.45, 7) is 3.88. The van der Waals surface area contributed by atoms with Crippen molar-refractivity contribution in [3.05, 3.63) is 66.4 Å². The van der Waals surface area contributed by atoms with Crippen molar-refractivity contribution in [1.82, 2.24) is 10.3 Å². The molecule has 1 aliphatic rings. The van der Waals surface area contributed by atoms with Crippen LogP contribution in [-0.2, 0) is 0 Å². The minimum atomic E-state index is -0.134. The van der Waals surface area contributed by atoms with Gasteiger partial charge in [-0.3, -0.25) is 4.98 Å². The highest BCUT2D eigenvalue weighted by Crippen LogP contribution is 2.29. The van der Waals surface area contributed by atoms with Gasteiger partial charge < -0.3 is 15.5 Å². The van der Waals surface area contributed by atoms with Crippen molar-refractivity contribution in [2.24, 2.45) is 0 Å². The topological polar surface area (TPSA) is 57.3 Å². The van der Waals surface area contributed by atoms with E-state index in [1.807, 2.05) is 43.3 Å². The van der Waals surface area contributed by atoms with E-state index in [0.29, 0.717) is 0 Å². The van der Waals surface area contributed by atoms with Gasteiger partial charge in [-0.25, -0.2) is 4.79 Å². The zero-order valence-corrected chi connectivity index (χ0v) is 15.5. The molecule has 2 amide bonds. The van der Waals surface area contributed by atoms with Gasteiger partial charge in [0.25, 0.3) is 0 Å². The van der Waals surface area contributed by atoms with E-state index in [2.05, 4.69) is 44.8 Å². The van der Waals surface area contributed by atoms with Gasteiger partial charge >= 0.3 is 6.03 Å². The van der Waals surface area contributed by atoms with Crippen molar-refractivity contribution in [1.29, 1.82) is 0 Å². The van der Waals surface area contributed by atoms with Gasteiger partial charge in [0.2, 0.25) is 0 Å². The summed E-state index contributed by atoms with van der Waals surface area (Å²) in [5.74, 6) is 0. The summed E-state index contributed by atoms with van der Waals surface area (Å²) in [4.78, 5) is 19.2. The van der Waals surface area contributed by atoms with Crippen molar-refractivity contribution in [2.45, 2.75) is 25.8 Å². The fourth-order valence-electron chi connectivity index (χ4n) is 3.69. The van der Waals surface area contributed by atoms with Crippen LogP contribution in [0.3, 0.4) is 0 Å². The van der Waals surface area contributed by atoms with Crippen LogP contribution in [0.5, 0.6) is 0 Å². The fourth-order valence-corrected chi connectivity index (χ4v) is 3.69. The largest absolute Gasteiger partial charge is 0.371 e. The Morgan fingerprint density at radius 1 is 1.04 bits per heavy atom. The molecule has 1 saturated heterocycles. The van der Waals surface area contributed by atoms with Crippen LogP contribution >= 0.6 is 0 Å². The third-order valence-corrected chi connectivity index (χ3v) is 5.02. The molecule has 138 valence electrons. The van der Waals surface area contributed by atoms with Crippen LogP contribution < -0.4 is 15.5 Å². The van der Waals surface area contributed by atoms with E-state index in [9.17, 15) is 4.79 Å². The first-order valence-corrected chi connectivity index (χ1v) is 9.43. The quantitative estimate of drug-likeness (QED) is 0.731. The number of para-hydroxylation sites is 2. The Hall–Kier alpha value is -3.08. The Bertz CT molecular complexity index is 933. The molecule has 1 aliphatic heterocycles. The van der Waals surface area contributed by atoms with E-state index in [0.717, 1.165) is 42.8 Å². The number of benzene rings is 2. The maximum Gasteiger partial charge on any atom is 0.319 e. The van der Waals surface area contributed by atoms with Crippen LogP contribution in [0.2, 0.25) is 0 Å². The number of urea groups is 1. The molecule has 5 heteroatoms. The van der Waals surface area contributed by atoms with E-state index >= 15 is 0 Å². The number of carbonyl (C=O) groups excluding carboxylic acids is 1. The number of anilines is 2. The first-order valence-electron chi connectivity index (χ1n) is 9.43. The molecule has 1 aromatic heterocycles. The highest BCUT2D eigenvalue weighted by molar-refractivity contribution is 5.92. The van der Waals surface area contributed by atoms with E-state index in [1.165, 1.54) is 11.1 Å². The molecule has 27 heavy (non-hydrogen) atoms. The number of hydrogen-bond donors (Lipinski definition) is 2. The summed E-state index contributed by atoms with van der Waals surface area (Å²) in [5, 5.41) is 7.18. The van der Waals surface area contributed by atoms with Crippen LogP contribution in [0.25, 0.3) is 10.9 Å². The predicted octanol–water partition coefficient (Wildman–Crippen LogP) is 4.33. The first-order chi connectivity index (χ1) is 13.2. The molecule has 0 saturated carbocycles. The smallest absolute Gasteiger partial charge is 0.319 e. The lowest BCUT2D eigenvalue weighted by Crippen LogP contribution is -2.46. The molecule has 1 fully saturated rings. The first kappa shape index (κ1) is 17.3. The average molecular weight is 360 g/mol. The van der Waals surface area contributed by atoms with Crippen molar-refractivity contribution in [3.8, 4) is 0 Å². The zero-order valence-electron chi connectivity index (χ0n) is 15.5. The molecule has 0 bridgehead atoms. The van der Waals surface area contributed by atoms with Gasteiger partial charge in [-0.05, 0) is 44.0 Å². The lowest BCUT2D eigenvalue weighted by molar-refractivity contribution is 0.246. The summed E-state index contributed by atoms with van der Waals surface area (Å²) in [6.07, 6.45) is 1.86. The monoisotopic (exact) mass is 360 g/mol. The normalized spacial score (nSPS) is 14.9. The predicted molar refractivity (Wildman–Crippen MR) is 110 cm³/mol. The van der Waals surface area contributed by atoms with Crippen molar-refractivity contribution < 1.29 is 4.79 Å². The van der Waals surface area contributed by atoms with Crippen LogP contribution in [0.1, 0.15) is 18.5 Å². The summed E-state index contributed by atoms with van der Waals surface area (Å²) in [7, 11) is 0. The summed E-state index contributed by atoms with van der Waals surface area (Å²) in [5.41, 5.74) is 4.12. The minimum absolute atomic E-state index is 0.134. The number of piperidine rings is 1. The minimum Gasteiger partial charge on any atom is -0.371 e. The number of carbonyl (C=O) groups is 1. The average Bonchev–Trinajstić information content (AvgIpc) is 2.68. The molecule has 2 aromatic carbocycles. The summed E-state index contributed by atoms with van der Waals surface area (Å²) in [6, 6.07) is 20.0. The number of hydrogen-bond acceptors (Lipinski definition) is 3. The standard InChI is InChI=1S/C22H24N4O/c1-16-15-21(19-9-5-6-10-20(19)23-16)26-13-11-18(12-14-26)25-22(27)24-17-7-3-2-4-8-17/h2-10,15,18H,11-14H2,1H3,(H2,24,25,27). The number of rotatable bonds is 3. The number of pyridine rings is 1. The van der Waals surface area contributed by atoms with Gasteiger partial charge in [0.15, 0.2) is 0 Å². The zero-order chi connectivity index (χ0) is 18.6. The molecule has 4 rings (SSSR count). The Kier molecular flexibility index (Phi) is 4.92. The second kappa shape index (κ2) is 7.66. The van der Waals surface area contributed by atoms with Gasteiger partial charge in [0.1, 0.15) is 0 Å². The molecule has 3 aromatic rings. The van der Waals surface area contributed by atoms with E-state index < -0.39 is 0 Å². The maximum absolute atomic E-state index is 12.2. The second-order valence-electron chi connectivity index (χ2n) is 7.03. The van der Waals surface area contributed by atoms with E-state index in [4.69, 9.17) is 0 Å². The van der Waals surface area contributed by atoms with Crippen LogP contribution in [-0.4, -0.2) is 30.1 Å². The van der Waals surface area contributed by atoms with Gasteiger partial charge in [-0.15, -0.1) is 0 Å². The molecule has 2 heterocycles. The Morgan fingerprint density at radius 3 is 2.52 bits per heavy atom. The van der Waals surface area contributed by atoms with Gasteiger partial charge in [0.05, 0.1) is 5.52 Å². The lowest BCUT2D eigenvalue weighted by atomic mass is 10.0. The number of nitrogens with one attached hydrogen (secondary N) is 2. The third kappa shape index (κ3) is 4.03. The molecule has 2 N–H and O–H groups in total. The number of fused-ring (bicyclic) bond motifs is 1. The van der Waals surface area contributed by atoms with Crippen LogP contribution in [0.15, 0.2) is 60.7 Å².